The van der Waals surface area contributed by atoms with E-state index >= 15 is 0 Å². The largest absolute Gasteiger partial charge is 0.504 e. The van der Waals surface area contributed by atoms with Gasteiger partial charge in [-0.2, -0.15) is 0 Å². The van der Waals surface area contributed by atoms with Gasteiger partial charge in [0.05, 0.1) is 13.2 Å². The highest BCUT2D eigenvalue weighted by molar-refractivity contribution is 9.10. The number of hydrogen-bond acceptors (Lipinski definition) is 4. The van der Waals surface area contributed by atoms with Crippen LogP contribution in [-0.2, 0) is 6.42 Å². The van der Waals surface area contributed by atoms with Crippen LogP contribution in [0.3, 0.4) is 0 Å². The zero-order valence-corrected chi connectivity index (χ0v) is 15.8. The quantitative estimate of drug-likeness (QED) is 0.605. The summed E-state index contributed by atoms with van der Waals surface area (Å²) in [5.41, 5.74) is 2.90. The third-order valence-corrected chi connectivity index (χ3v) is 5.10. The lowest BCUT2D eigenvalue weighted by molar-refractivity contribution is 0.104. The van der Waals surface area contributed by atoms with Crippen molar-refractivity contribution in [2.45, 2.75) is 19.4 Å². The summed E-state index contributed by atoms with van der Waals surface area (Å²) in [5.74, 6) is 0.624. The lowest BCUT2D eigenvalue weighted by atomic mass is 9.93. The number of halogens is 1. The number of phenolic OH excluding ortho intramolecular Hbond substituents is 1. The molecule has 0 fully saturated rings. The number of allylic oxidation sites excluding steroid dienone is 1. The molecule has 0 unspecified atom stereocenters. The van der Waals surface area contributed by atoms with Crippen molar-refractivity contribution in [2.75, 3.05) is 13.7 Å². The third-order valence-electron chi connectivity index (χ3n) is 4.57. The van der Waals surface area contributed by atoms with E-state index < -0.39 is 0 Å². The first-order chi connectivity index (χ1) is 12.0. The van der Waals surface area contributed by atoms with Gasteiger partial charge < -0.3 is 14.7 Å². The van der Waals surface area contributed by atoms with Gasteiger partial charge in [-0.25, -0.2) is 0 Å². The number of ketones is 1. The normalized spacial score (nSPS) is 16.8. The van der Waals surface area contributed by atoms with E-state index in [9.17, 15) is 9.90 Å². The van der Waals surface area contributed by atoms with Crippen molar-refractivity contribution in [1.82, 2.24) is 4.90 Å². The molecule has 2 aromatic rings. The average molecular weight is 402 g/mol. The maximum Gasteiger partial charge on any atom is 0.187 e. The number of carbonyl (C=O) groups excluding carboxylic acids is 1. The standard InChI is InChI=1S/C20H20BrNO3/c1-13-17-12-20(25-2)19(24)11-15(17)7-9-22(13)10-8-18(23)14-3-5-16(21)6-4-14/h3-6,8,10-13,24H,7,9H2,1-2H3/b10-8+/t13-/m1/s1. The molecule has 0 bridgehead atoms. The van der Waals surface area contributed by atoms with Crippen LogP contribution in [0.2, 0.25) is 0 Å². The zero-order chi connectivity index (χ0) is 18.0. The molecule has 1 heterocycles. The molecule has 1 atom stereocenters. The summed E-state index contributed by atoms with van der Waals surface area (Å²) in [7, 11) is 1.55. The van der Waals surface area contributed by atoms with Crippen molar-refractivity contribution in [1.29, 1.82) is 0 Å². The zero-order valence-electron chi connectivity index (χ0n) is 14.2. The predicted molar refractivity (Wildman–Crippen MR) is 101 cm³/mol. The number of nitrogens with zero attached hydrogens (tertiary/aromatic N) is 1. The number of hydrogen-bond donors (Lipinski definition) is 1. The van der Waals surface area contributed by atoms with E-state index in [0.29, 0.717) is 11.3 Å². The summed E-state index contributed by atoms with van der Waals surface area (Å²) in [6.07, 6.45) is 4.29. The molecule has 0 saturated carbocycles. The maximum atomic E-state index is 12.3. The first-order valence-corrected chi connectivity index (χ1v) is 8.92. The fraction of sp³-hybridized carbons (Fsp3) is 0.250. The fourth-order valence-corrected chi connectivity index (χ4v) is 3.36. The Morgan fingerprint density at radius 1 is 1.32 bits per heavy atom. The molecule has 0 amide bonds. The highest BCUT2D eigenvalue weighted by Crippen LogP contribution is 2.37. The average Bonchev–Trinajstić information content (AvgIpc) is 2.61. The maximum absolute atomic E-state index is 12.3. The number of phenols is 1. The van der Waals surface area contributed by atoms with Crippen molar-refractivity contribution in [3.05, 3.63) is 69.8 Å². The highest BCUT2D eigenvalue weighted by Gasteiger charge is 2.23. The second-order valence-electron chi connectivity index (χ2n) is 6.07. The van der Waals surface area contributed by atoms with Gasteiger partial charge in [-0.15, -0.1) is 0 Å². The molecule has 0 aliphatic carbocycles. The first-order valence-electron chi connectivity index (χ1n) is 8.13. The molecule has 2 aromatic carbocycles. The predicted octanol–water partition coefficient (Wildman–Crippen LogP) is 4.48. The molecule has 1 aliphatic rings. The van der Waals surface area contributed by atoms with Crippen LogP contribution in [-0.4, -0.2) is 29.4 Å². The molecule has 0 saturated heterocycles. The van der Waals surface area contributed by atoms with Crippen LogP contribution in [0.4, 0.5) is 0 Å². The van der Waals surface area contributed by atoms with Crippen LogP contribution < -0.4 is 4.74 Å². The minimum Gasteiger partial charge on any atom is -0.504 e. The number of ether oxygens (including phenoxy) is 1. The summed E-state index contributed by atoms with van der Waals surface area (Å²) in [5, 5.41) is 9.94. The van der Waals surface area contributed by atoms with Gasteiger partial charge in [0, 0.05) is 28.9 Å². The van der Waals surface area contributed by atoms with Crippen LogP contribution >= 0.6 is 15.9 Å². The number of benzene rings is 2. The Morgan fingerprint density at radius 2 is 2.04 bits per heavy atom. The summed E-state index contributed by atoms with van der Waals surface area (Å²) in [4.78, 5) is 14.4. The smallest absolute Gasteiger partial charge is 0.187 e. The van der Waals surface area contributed by atoms with Gasteiger partial charge in [0.1, 0.15) is 0 Å². The van der Waals surface area contributed by atoms with Crippen LogP contribution in [0.25, 0.3) is 0 Å². The molecule has 5 heteroatoms. The Bertz CT molecular complexity index is 814. The van der Waals surface area contributed by atoms with Gasteiger partial charge in [0.25, 0.3) is 0 Å². The van der Waals surface area contributed by atoms with Crippen molar-refractivity contribution in [2.24, 2.45) is 0 Å². The second kappa shape index (κ2) is 7.31. The monoisotopic (exact) mass is 401 g/mol. The molecule has 3 rings (SSSR count). The Morgan fingerprint density at radius 3 is 2.72 bits per heavy atom. The van der Waals surface area contributed by atoms with Gasteiger partial charge in [0.15, 0.2) is 17.3 Å². The van der Waals surface area contributed by atoms with Crippen molar-refractivity contribution < 1.29 is 14.6 Å². The lowest BCUT2D eigenvalue weighted by Gasteiger charge is -2.34. The second-order valence-corrected chi connectivity index (χ2v) is 6.99. The number of methoxy groups -OCH3 is 1. The molecule has 4 nitrogen and oxygen atoms in total. The number of rotatable bonds is 4. The van der Waals surface area contributed by atoms with Crippen LogP contribution in [0.15, 0.2) is 53.1 Å². The minimum absolute atomic E-state index is 0.0196. The van der Waals surface area contributed by atoms with Crippen LogP contribution in [0.1, 0.15) is 34.5 Å². The number of carbonyl (C=O) groups is 1. The summed E-state index contributed by atoms with van der Waals surface area (Å²) in [6.45, 7) is 2.88. The van der Waals surface area contributed by atoms with Crippen molar-refractivity contribution in [3.8, 4) is 11.5 Å². The number of aromatic hydroxyl groups is 1. The van der Waals surface area contributed by atoms with E-state index in [1.54, 1.807) is 31.4 Å². The fourth-order valence-electron chi connectivity index (χ4n) is 3.10. The van der Waals surface area contributed by atoms with Gasteiger partial charge >= 0.3 is 0 Å². The molecule has 0 aromatic heterocycles. The van der Waals surface area contributed by atoms with E-state index in [1.165, 1.54) is 0 Å². The molecule has 130 valence electrons. The van der Waals surface area contributed by atoms with Crippen molar-refractivity contribution >= 4 is 21.7 Å². The SMILES string of the molecule is COc1cc2c(cc1O)CCN(/C=C/C(=O)c1ccc(Br)cc1)[C@@H]2C. The molecular formula is C20H20BrNO3. The Labute approximate surface area is 155 Å². The first kappa shape index (κ1) is 17.5. The van der Waals surface area contributed by atoms with E-state index in [2.05, 4.69) is 27.8 Å². The van der Waals surface area contributed by atoms with E-state index in [4.69, 9.17) is 4.74 Å². The minimum atomic E-state index is -0.0196. The van der Waals surface area contributed by atoms with Crippen LogP contribution in [0, 0.1) is 0 Å². The summed E-state index contributed by atoms with van der Waals surface area (Å²) >= 11 is 3.37. The lowest BCUT2D eigenvalue weighted by Crippen LogP contribution is -2.29. The molecule has 1 N–H and O–H groups in total. The molecule has 0 radical (unpaired) electrons. The summed E-state index contributed by atoms with van der Waals surface area (Å²) < 4.78 is 6.17. The Kier molecular flexibility index (Phi) is 5.13. The third kappa shape index (κ3) is 3.71. The highest BCUT2D eigenvalue weighted by atomic mass is 79.9. The molecule has 0 spiro atoms. The molecular weight excluding hydrogens is 382 g/mol. The molecule has 25 heavy (non-hydrogen) atoms. The Hall–Kier alpha value is -2.27. The van der Waals surface area contributed by atoms with E-state index in [1.807, 2.05) is 24.4 Å². The van der Waals surface area contributed by atoms with Gasteiger partial charge in [-0.1, -0.05) is 15.9 Å². The van der Waals surface area contributed by atoms with E-state index in [-0.39, 0.29) is 17.6 Å². The Balaban J connectivity index is 1.78. The summed E-state index contributed by atoms with van der Waals surface area (Å²) in [6, 6.07) is 11.1. The van der Waals surface area contributed by atoms with Crippen LogP contribution in [0.5, 0.6) is 11.5 Å². The van der Waals surface area contributed by atoms with Gasteiger partial charge in [0.2, 0.25) is 0 Å². The van der Waals surface area contributed by atoms with E-state index in [0.717, 1.165) is 28.6 Å². The van der Waals surface area contributed by atoms with Gasteiger partial charge in [-0.3, -0.25) is 4.79 Å². The van der Waals surface area contributed by atoms with Crippen molar-refractivity contribution in [3.63, 3.8) is 0 Å². The topological polar surface area (TPSA) is 49.8 Å². The number of fused-ring (bicyclic) bond motifs is 1. The molecule has 1 aliphatic heterocycles. The van der Waals surface area contributed by atoms with Gasteiger partial charge in [-0.05, 0) is 60.9 Å².